The molecule has 3 aromatic rings. The minimum absolute atomic E-state index is 0.0952. The van der Waals surface area contributed by atoms with Crippen LogP contribution in [0.1, 0.15) is 36.1 Å². The highest BCUT2D eigenvalue weighted by Gasteiger charge is 2.29. The molecule has 0 saturated carbocycles. The summed E-state index contributed by atoms with van der Waals surface area (Å²) in [5.41, 5.74) is 1.00. The lowest BCUT2D eigenvalue weighted by Gasteiger charge is -2.18. The highest BCUT2D eigenvalue weighted by Crippen LogP contribution is 2.34. The molecule has 1 fully saturated rings. The van der Waals surface area contributed by atoms with Crippen LogP contribution in [0.3, 0.4) is 0 Å². The molecule has 1 aliphatic rings. The van der Waals surface area contributed by atoms with Gasteiger partial charge in [-0.25, -0.2) is 13.5 Å². The third kappa shape index (κ3) is 3.26. The summed E-state index contributed by atoms with van der Waals surface area (Å²) >= 11 is 3.38. The van der Waals surface area contributed by atoms with E-state index in [-0.39, 0.29) is 5.69 Å². The molecule has 7 nitrogen and oxygen atoms in total. The molecule has 1 atom stereocenters. The maximum absolute atomic E-state index is 14.6. The van der Waals surface area contributed by atoms with Crippen molar-refractivity contribution in [2.45, 2.75) is 25.9 Å². The van der Waals surface area contributed by atoms with Gasteiger partial charge in [0.25, 0.3) is 0 Å². The van der Waals surface area contributed by atoms with Crippen molar-refractivity contribution in [2.24, 2.45) is 0 Å². The van der Waals surface area contributed by atoms with Gasteiger partial charge < -0.3 is 14.6 Å². The largest absolute Gasteiger partial charge is 0.382 e. The molecule has 1 N–H and O–H groups in total. The highest BCUT2D eigenvalue weighted by molar-refractivity contribution is 9.10. The maximum atomic E-state index is 14.6. The van der Waals surface area contributed by atoms with Gasteiger partial charge in [0.05, 0.1) is 31.3 Å². The van der Waals surface area contributed by atoms with Gasteiger partial charge >= 0.3 is 0 Å². The molecule has 0 spiro atoms. The number of rotatable bonds is 5. The summed E-state index contributed by atoms with van der Waals surface area (Å²) in [6.45, 7) is 3.21. The molecular formula is C18H17BrF2N4O3. The van der Waals surface area contributed by atoms with Crippen molar-refractivity contribution in [3.8, 4) is 5.69 Å². The summed E-state index contributed by atoms with van der Waals surface area (Å²) in [4.78, 5) is 0. The molecule has 4 rings (SSSR count). The Bertz CT molecular complexity index is 1000. The molecule has 0 amide bonds. The molecule has 1 aliphatic heterocycles. The fourth-order valence-electron chi connectivity index (χ4n) is 3.16. The predicted molar refractivity (Wildman–Crippen MR) is 97.8 cm³/mol. The van der Waals surface area contributed by atoms with E-state index in [2.05, 4.69) is 26.1 Å². The van der Waals surface area contributed by atoms with Crippen LogP contribution in [0, 0.1) is 11.6 Å². The zero-order valence-corrected chi connectivity index (χ0v) is 16.4. The number of nitrogens with zero attached hydrogens (tertiary/aromatic N) is 4. The van der Waals surface area contributed by atoms with Crippen molar-refractivity contribution in [3.05, 3.63) is 63.7 Å². The third-order valence-electron chi connectivity index (χ3n) is 4.51. The van der Waals surface area contributed by atoms with Gasteiger partial charge in [-0.2, -0.15) is 10.2 Å². The molecule has 148 valence electrons. The number of halogens is 3. The summed E-state index contributed by atoms with van der Waals surface area (Å²) in [6, 6.07) is 3.93. The number of hydrogen-bond acceptors (Lipinski definition) is 5. The van der Waals surface area contributed by atoms with Gasteiger partial charge in [0.1, 0.15) is 22.2 Å². The monoisotopic (exact) mass is 454 g/mol. The molecule has 28 heavy (non-hydrogen) atoms. The van der Waals surface area contributed by atoms with E-state index in [0.717, 1.165) is 6.20 Å². The average Bonchev–Trinajstić information content (AvgIpc) is 3.41. The van der Waals surface area contributed by atoms with E-state index in [0.29, 0.717) is 41.2 Å². The van der Waals surface area contributed by atoms with E-state index in [4.69, 9.17) is 9.47 Å². The smallest absolute Gasteiger partial charge is 0.186 e. The Kier molecular flexibility index (Phi) is 5.28. The predicted octanol–water partition coefficient (Wildman–Crippen LogP) is 3.26. The van der Waals surface area contributed by atoms with Gasteiger partial charge in [-0.3, -0.25) is 4.68 Å². The lowest BCUT2D eigenvalue weighted by molar-refractivity contribution is -0.0443. The van der Waals surface area contributed by atoms with Crippen LogP contribution in [0.2, 0.25) is 0 Å². The number of aliphatic hydroxyl groups excluding tert-OH is 1. The van der Waals surface area contributed by atoms with Gasteiger partial charge in [-0.05, 0) is 41.1 Å². The molecular weight excluding hydrogens is 438 g/mol. The van der Waals surface area contributed by atoms with Crippen molar-refractivity contribution in [1.29, 1.82) is 0 Å². The second-order valence-corrected chi connectivity index (χ2v) is 6.93. The van der Waals surface area contributed by atoms with Crippen molar-refractivity contribution in [1.82, 2.24) is 19.6 Å². The Morgan fingerprint density at radius 3 is 2.68 bits per heavy atom. The standard InChI is InChI=1S/C18H17BrF2N4O3/c1-2-24-17(19)12(8-22-24)16(26)15-13(21)9-23-25(15)14-4-3-10(20)7-11(14)18-27-5-6-28-18/h3-4,7-9,16,18,26H,2,5-6H2,1H3. The van der Waals surface area contributed by atoms with E-state index >= 15 is 0 Å². The Balaban J connectivity index is 1.82. The normalized spacial score (nSPS) is 16.0. The maximum Gasteiger partial charge on any atom is 0.186 e. The summed E-state index contributed by atoms with van der Waals surface area (Å²) in [7, 11) is 0. The topological polar surface area (TPSA) is 74.3 Å². The molecule has 0 radical (unpaired) electrons. The van der Waals surface area contributed by atoms with Gasteiger partial charge in [0, 0.05) is 17.7 Å². The molecule has 2 aromatic heterocycles. The summed E-state index contributed by atoms with van der Waals surface area (Å²) in [6.07, 6.45) is 0.322. The molecule has 1 aromatic carbocycles. The molecule has 3 heterocycles. The first-order valence-electron chi connectivity index (χ1n) is 8.67. The van der Waals surface area contributed by atoms with Crippen LogP contribution in [0.15, 0.2) is 35.2 Å². The Morgan fingerprint density at radius 2 is 2.00 bits per heavy atom. The van der Waals surface area contributed by atoms with Crippen molar-refractivity contribution in [3.63, 3.8) is 0 Å². The Labute approximate surface area is 167 Å². The minimum atomic E-state index is -1.35. The first-order chi connectivity index (χ1) is 13.5. The number of aromatic nitrogens is 4. The Morgan fingerprint density at radius 1 is 1.25 bits per heavy atom. The van der Waals surface area contributed by atoms with E-state index in [1.54, 1.807) is 4.68 Å². The van der Waals surface area contributed by atoms with Crippen molar-refractivity contribution < 1.29 is 23.4 Å². The lowest BCUT2D eigenvalue weighted by Crippen LogP contribution is -2.14. The van der Waals surface area contributed by atoms with Crippen LogP contribution in [-0.2, 0) is 16.0 Å². The second-order valence-electron chi connectivity index (χ2n) is 6.18. The number of aryl methyl sites for hydroxylation is 1. The molecule has 0 bridgehead atoms. The second kappa shape index (κ2) is 7.70. The van der Waals surface area contributed by atoms with Crippen molar-refractivity contribution in [2.75, 3.05) is 13.2 Å². The minimum Gasteiger partial charge on any atom is -0.382 e. The van der Waals surface area contributed by atoms with Crippen LogP contribution in [0.4, 0.5) is 8.78 Å². The van der Waals surface area contributed by atoms with Crippen molar-refractivity contribution >= 4 is 15.9 Å². The third-order valence-corrected chi connectivity index (χ3v) is 5.37. The zero-order valence-electron chi connectivity index (χ0n) is 14.8. The molecule has 1 saturated heterocycles. The number of hydrogen-bond donors (Lipinski definition) is 1. The van der Waals surface area contributed by atoms with E-state index in [9.17, 15) is 13.9 Å². The molecule has 10 heteroatoms. The fourth-order valence-corrected chi connectivity index (χ4v) is 3.82. The lowest BCUT2D eigenvalue weighted by atomic mass is 10.1. The average molecular weight is 455 g/mol. The summed E-state index contributed by atoms with van der Waals surface area (Å²) < 4.78 is 42.8. The first-order valence-corrected chi connectivity index (χ1v) is 9.46. The van der Waals surface area contributed by atoms with Crippen LogP contribution in [0.25, 0.3) is 5.69 Å². The van der Waals surface area contributed by atoms with E-state index in [1.807, 2.05) is 6.92 Å². The van der Waals surface area contributed by atoms with Gasteiger partial charge in [0.2, 0.25) is 0 Å². The number of ether oxygens (including phenoxy) is 2. The SMILES string of the molecule is CCn1ncc(C(O)c2c(F)cnn2-c2ccc(F)cc2C2OCCO2)c1Br. The quantitative estimate of drug-likeness (QED) is 0.640. The molecule has 1 unspecified atom stereocenters. The van der Waals surface area contributed by atoms with Crippen LogP contribution >= 0.6 is 15.9 Å². The fraction of sp³-hybridized carbons (Fsp3) is 0.333. The number of aliphatic hydroxyl groups is 1. The van der Waals surface area contributed by atoms with Gasteiger partial charge in [0.15, 0.2) is 12.1 Å². The van der Waals surface area contributed by atoms with Gasteiger partial charge in [-0.1, -0.05) is 0 Å². The molecule has 0 aliphatic carbocycles. The van der Waals surface area contributed by atoms with Gasteiger partial charge in [-0.15, -0.1) is 0 Å². The summed E-state index contributed by atoms with van der Waals surface area (Å²) in [5.74, 6) is -1.19. The first kappa shape index (κ1) is 19.2. The summed E-state index contributed by atoms with van der Waals surface area (Å²) in [5, 5.41) is 19.1. The van der Waals surface area contributed by atoms with Crippen LogP contribution in [-0.4, -0.2) is 37.9 Å². The van der Waals surface area contributed by atoms with E-state index in [1.165, 1.54) is 29.1 Å². The van der Waals surface area contributed by atoms with Crippen LogP contribution < -0.4 is 0 Å². The van der Waals surface area contributed by atoms with Crippen LogP contribution in [0.5, 0.6) is 0 Å². The zero-order chi connectivity index (χ0) is 19.8. The van der Waals surface area contributed by atoms with E-state index < -0.39 is 24.0 Å². The highest BCUT2D eigenvalue weighted by atomic mass is 79.9. The Hall–Kier alpha value is -2.14. The number of benzene rings is 1.